The summed E-state index contributed by atoms with van der Waals surface area (Å²) in [4.78, 5) is -1.35. The van der Waals surface area contributed by atoms with Crippen LogP contribution in [0.4, 0.5) is 11.4 Å². The van der Waals surface area contributed by atoms with Gasteiger partial charge in [-0.15, -0.1) is 0 Å². The fraction of sp³-hybridized carbons (Fsp3) is 0.211. The third kappa shape index (κ3) is 9.96. The Morgan fingerprint density at radius 3 is 1.64 bits per heavy atom. The van der Waals surface area contributed by atoms with E-state index in [2.05, 4.69) is 15.4 Å². The van der Waals surface area contributed by atoms with Crippen LogP contribution in [0.2, 0.25) is 0 Å². The van der Waals surface area contributed by atoms with Crippen LogP contribution in [-0.4, -0.2) is 51.8 Å². The SMILES string of the molecule is CNC(=S)Nc1ccc(C=Cc2ccc(NS(=O)(=O)C(C)C)cc2S(=O)(=O)[O-])c(S(=O)(=O)[O-])c1.[Na+].[Na+]. The molecular formula is C19H21N3Na2O8S4. The van der Waals surface area contributed by atoms with Gasteiger partial charge in [-0.05, 0) is 61.5 Å². The first-order valence-electron chi connectivity index (χ1n) is 9.43. The van der Waals surface area contributed by atoms with Crippen molar-refractivity contribution >= 4 is 71.1 Å². The monoisotopic (exact) mass is 593 g/mol. The van der Waals surface area contributed by atoms with E-state index in [0.717, 1.165) is 24.3 Å². The van der Waals surface area contributed by atoms with Crippen LogP contribution in [0.5, 0.6) is 0 Å². The summed E-state index contributed by atoms with van der Waals surface area (Å²) >= 11 is 4.94. The van der Waals surface area contributed by atoms with Gasteiger partial charge in [0.15, 0.2) is 5.11 Å². The zero-order valence-electron chi connectivity index (χ0n) is 20.1. The van der Waals surface area contributed by atoms with Crippen LogP contribution in [-0.2, 0) is 30.3 Å². The van der Waals surface area contributed by atoms with Gasteiger partial charge in [-0.3, -0.25) is 4.72 Å². The van der Waals surface area contributed by atoms with E-state index in [-0.39, 0.29) is 86.7 Å². The minimum absolute atomic E-state index is 0. The summed E-state index contributed by atoms with van der Waals surface area (Å²) in [5.74, 6) is 0. The van der Waals surface area contributed by atoms with Crippen LogP contribution in [0.15, 0.2) is 46.2 Å². The average Bonchev–Trinajstić information content (AvgIpc) is 2.71. The van der Waals surface area contributed by atoms with Gasteiger partial charge in [-0.1, -0.05) is 24.3 Å². The van der Waals surface area contributed by atoms with Crippen LogP contribution in [0.3, 0.4) is 0 Å². The van der Waals surface area contributed by atoms with E-state index < -0.39 is 45.3 Å². The van der Waals surface area contributed by atoms with Crippen molar-refractivity contribution in [3.8, 4) is 0 Å². The summed E-state index contributed by atoms with van der Waals surface area (Å²) in [6, 6.07) is 7.06. The number of hydrogen-bond acceptors (Lipinski definition) is 9. The zero-order valence-corrected chi connectivity index (χ0v) is 27.4. The predicted molar refractivity (Wildman–Crippen MR) is 131 cm³/mol. The van der Waals surface area contributed by atoms with E-state index >= 15 is 0 Å². The number of benzene rings is 2. The number of anilines is 2. The number of hydrogen-bond donors (Lipinski definition) is 3. The van der Waals surface area contributed by atoms with Crippen molar-refractivity contribution in [2.75, 3.05) is 17.1 Å². The fourth-order valence-electron chi connectivity index (χ4n) is 2.57. The first-order chi connectivity index (χ1) is 15.5. The Hall–Kier alpha value is -0.560. The van der Waals surface area contributed by atoms with Gasteiger partial charge in [0.1, 0.15) is 20.2 Å². The van der Waals surface area contributed by atoms with E-state index in [1.165, 1.54) is 38.1 Å². The molecule has 17 heteroatoms. The predicted octanol–water partition coefficient (Wildman–Crippen LogP) is -4.26. The van der Waals surface area contributed by atoms with Crippen LogP contribution in [0.25, 0.3) is 12.2 Å². The van der Waals surface area contributed by atoms with Gasteiger partial charge >= 0.3 is 59.1 Å². The second-order valence-corrected chi connectivity index (χ2v) is 12.5. The van der Waals surface area contributed by atoms with Crippen molar-refractivity contribution in [3.63, 3.8) is 0 Å². The fourth-order valence-corrected chi connectivity index (χ4v) is 4.77. The van der Waals surface area contributed by atoms with Crippen molar-refractivity contribution in [2.24, 2.45) is 0 Å². The Kier molecular flexibility index (Phi) is 13.8. The molecule has 0 heterocycles. The maximum Gasteiger partial charge on any atom is 1.00 e. The Morgan fingerprint density at radius 2 is 1.25 bits per heavy atom. The second-order valence-electron chi connectivity index (χ2n) is 7.15. The first-order valence-corrected chi connectivity index (χ1v) is 14.2. The molecule has 2 aromatic rings. The normalized spacial score (nSPS) is 11.9. The Morgan fingerprint density at radius 1 is 0.833 bits per heavy atom. The third-order valence-corrected chi connectivity index (χ3v) is 8.23. The van der Waals surface area contributed by atoms with Crippen LogP contribution in [0, 0.1) is 0 Å². The molecule has 0 aliphatic rings. The van der Waals surface area contributed by atoms with Crippen molar-refractivity contribution in [1.82, 2.24) is 5.32 Å². The minimum Gasteiger partial charge on any atom is -0.744 e. The maximum absolute atomic E-state index is 12.0. The van der Waals surface area contributed by atoms with Gasteiger partial charge in [-0.2, -0.15) is 0 Å². The maximum atomic E-state index is 12.0. The molecule has 0 aliphatic carbocycles. The minimum atomic E-state index is -5.05. The molecule has 0 amide bonds. The number of sulfonamides is 1. The Balaban J connectivity index is 0.00000612. The topological polar surface area (TPSA) is 185 Å². The first kappa shape index (κ1) is 35.4. The zero-order chi connectivity index (χ0) is 25.9. The molecular weight excluding hydrogens is 572 g/mol. The molecule has 2 aromatic carbocycles. The van der Waals surface area contributed by atoms with E-state index in [0.29, 0.717) is 0 Å². The van der Waals surface area contributed by atoms with E-state index in [1.54, 1.807) is 7.05 Å². The van der Waals surface area contributed by atoms with Gasteiger partial charge < -0.3 is 19.7 Å². The van der Waals surface area contributed by atoms with Crippen LogP contribution < -0.4 is 74.5 Å². The van der Waals surface area contributed by atoms with Crippen LogP contribution >= 0.6 is 12.2 Å². The van der Waals surface area contributed by atoms with E-state index in [1.807, 2.05) is 0 Å². The van der Waals surface area contributed by atoms with Gasteiger partial charge in [0.25, 0.3) is 0 Å². The number of rotatable bonds is 8. The number of nitrogens with one attached hydrogen (secondary N) is 3. The second kappa shape index (κ2) is 14.0. The molecule has 0 saturated carbocycles. The van der Waals surface area contributed by atoms with Crippen LogP contribution in [0.1, 0.15) is 25.0 Å². The van der Waals surface area contributed by atoms with Crippen molar-refractivity contribution in [3.05, 3.63) is 47.5 Å². The molecule has 3 N–H and O–H groups in total. The van der Waals surface area contributed by atoms with Gasteiger partial charge in [0.05, 0.1) is 15.0 Å². The van der Waals surface area contributed by atoms with Crippen molar-refractivity contribution < 1.29 is 93.5 Å². The third-order valence-electron chi connectivity index (χ3n) is 4.37. The molecule has 11 nitrogen and oxygen atoms in total. The summed E-state index contributed by atoms with van der Waals surface area (Å²) in [7, 11) is -12.2. The van der Waals surface area contributed by atoms with Gasteiger partial charge in [0.2, 0.25) is 10.0 Å². The summed E-state index contributed by atoms with van der Waals surface area (Å²) in [5, 5.41) is 4.67. The molecule has 36 heavy (non-hydrogen) atoms. The molecule has 0 atom stereocenters. The molecule has 0 bridgehead atoms. The molecule has 186 valence electrons. The Bertz CT molecular complexity index is 1460. The summed E-state index contributed by atoms with van der Waals surface area (Å²) < 4.78 is 96.9. The summed E-state index contributed by atoms with van der Waals surface area (Å²) in [6.45, 7) is 2.83. The van der Waals surface area contributed by atoms with Gasteiger partial charge in [-0.25, -0.2) is 25.3 Å². The molecule has 0 aliphatic heterocycles. The molecule has 0 unspecified atom stereocenters. The summed E-state index contributed by atoms with van der Waals surface area (Å²) in [6.07, 6.45) is 2.27. The average molecular weight is 594 g/mol. The van der Waals surface area contributed by atoms with Crippen molar-refractivity contribution in [1.29, 1.82) is 0 Å². The Labute approximate surface area is 260 Å². The molecule has 0 aromatic heterocycles. The smallest absolute Gasteiger partial charge is 0.744 e. The van der Waals surface area contributed by atoms with Gasteiger partial charge in [0, 0.05) is 18.4 Å². The molecule has 0 radical (unpaired) electrons. The van der Waals surface area contributed by atoms with E-state index in [4.69, 9.17) is 12.2 Å². The summed E-state index contributed by atoms with van der Waals surface area (Å²) in [5.41, 5.74) is -0.139. The number of thiocarbonyl (C=S) groups is 1. The standard InChI is InChI=1S/C19H23N3O8S4.2Na/c1-12(2)32(23,24)22-16-9-7-14(18(11-16)34(28,29)30)5-4-13-6-8-15(21-19(31)20-3)10-17(13)33(25,26)27;;/h4-12,22H,1-3H3,(H2,20,21,31)(H,25,26,27)(H,28,29,30);;/q;2*+1/p-2. The molecule has 0 saturated heterocycles. The van der Waals surface area contributed by atoms with Crippen molar-refractivity contribution in [2.45, 2.75) is 28.9 Å². The molecule has 0 spiro atoms. The quantitative estimate of drug-likeness (QED) is 0.117. The van der Waals surface area contributed by atoms with E-state index in [9.17, 15) is 34.4 Å². The molecule has 0 fully saturated rings. The molecule has 2 rings (SSSR count). The largest absolute Gasteiger partial charge is 1.00 e.